The summed E-state index contributed by atoms with van der Waals surface area (Å²) in [6, 6.07) is 15.6. The Bertz CT molecular complexity index is 937. The van der Waals surface area contributed by atoms with Gasteiger partial charge in [-0.2, -0.15) is 5.10 Å². The van der Waals surface area contributed by atoms with Crippen molar-refractivity contribution in [1.29, 1.82) is 0 Å². The van der Waals surface area contributed by atoms with Gasteiger partial charge in [0.25, 0.3) is 0 Å². The average molecular weight is 408 g/mol. The van der Waals surface area contributed by atoms with Crippen LogP contribution in [0, 0.1) is 0 Å². The molecule has 0 amide bonds. The van der Waals surface area contributed by atoms with Gasteiger partial charge in [0.2, 0.25) is 0 Å². The lowest BCUT2D eigenvalue weighted by Gasteiger charge is -2.12. The smallest absolute Gasteiger partial charge is 0.191 e. The zero-order valence-electron chi connectivity index (χ0n) is 17.5. The Morgan fingerprint density at radius 1 is 1.13 bits per heavy atom. The summed E-state index contributed by atoms with van der Waals surface area (Å²) in [6.45, 7) is 4.19. The van der Waals surface area contributed by atoms with Crippen molar-refractivity contribution in [2.75, 3.05) is 26.7 Å². The van der Waals surface area contributed by atoms with E-state index in [4.69, 9.17) is 4.74 Å². The Hall–Kier alpha value is -3.48. The van der Waals surface area contributed by atoms with Gasteiger partial charge in [0.15, 0.2) is 5.96 Å². The van der Waals surface area contributed by atoms with Gasteiger partial charge in [0.1, 0.15) is 11.5 Å². The molecule has 0 spiro atoms. The first-order valence-electron chi connectivity index (χ1n) is 10.2. The number of phenols is 1. The highest BCUT2D eigenvalue weighted by atomic mass is 16.5. The van der Waals surface area contributed by atoms with Crippen LogP contribution in [0.15, 0.2) is 65.9 Å². The van der Waals surface area contributed by atoms with Gasteiger partial charge in [-0.15, -0.1) is 0 Å². The van der Waals surface area contributed by atoms with Gasteiger partial charge in [0, 0.05) is 38.1 Å². The number of aromatic nitrogens is 2. The number of ether oxygens (including phenoxy) is 1. The van der Waals surface area contributed by atoms with Crippen LogP contribution in [-0.2, 0) is 12.8 Å². The molecule has 158 valence electrons. The van der Waals surface area contributed by atoms with Gasteiger partial charge in [-0.05, 0) is 55.2 Å². The van der Waals surface area contributed by atoms with Crippen molar-refractivity contribution >= 4 is 5.96 Å². The Morgan fingerprint density at radius 2 is 1.97 bits per heavy atom. The second-order valence-corrected chi connectivity index (χ2v) is 6.80. The maximum Gasteiger partial charge on any atom is 0.191 e. The molecule has 0 aliphatic carbocycles. The maximum absolute atomic E-state index is 10.1. The monoisotopic (exact) mass is 407 g/mol. The van der Waals surface area contributed by atoms with Gasteiger partial charge in [-0.1, -0.05) is 18.2 Å². The molecule has 3 N–H and O–H groups in total. The molecule has 0 bridgehead atoms. The first kappa shape index (κ1) is 21.2. The molecule has 3 rings (SSSR count). The van der Waals surface area contributed by atoms with E-state index >= 15 is 0 Å². The molecule has 0 saturated heterocycles. The van der Waals surface area contributed by atoms with Crippen LogP contribution in [0.4, 0.5) is 0 Å². The van der Waals surface area contributed by atoms with Gasteiger partial charge in [-0.25, -0.2) is 4.68 Å². The summed E-state index contributed by atoms with van der Waals surface area (Å²) < 4.78 is 6.96. The third-order valence-corrected chi connectivity index (χ3v) is 4.70. The fourth-order valence-electron chi connectivity index (χ4n) is 3.07. The maximum atomic E-state index is 10.1. The second kappa shape index (κ2) is 10.9. The molecule has 0 aliphatic rings. The first-order valence-corrected chi connectivity index (χ1v) is 10.2. The van der Waals surface area contributed by atoms with Gasteiger partial charge in [-0.3, -0.25) is 4.99 Å². The normalized spacial score (nSPS) is 11.3. The van der Waals surface area contributed by atoms with Crippen molar-refractivity contribution in [1.82, 2.24) is 20.4 Å². The SMILES string of the molecule is CCNC(=NCCc1ccc(OC)cc1O)NCCc1ccc(-n2cccn2)cc1. The van der Waals surface area contributed by atoms with E-state index in [-0.39, 0.29) is 5.75 Å². The van der Waals surface area contributed by atoms with Crippen molar-refractivity contribution < 1.29 is 9.84 Å². The van der Waals surface area contributed by atoms with Crippen LogP contribution in [0.3, 0.4) is 0 Å². The number of rotatable bonds is 9. The van der Waals surface area contributed by atoms with Gasteiger partial charge >= 0.3 is 0 Å². The van der Waals surface area contributed by atoms with E-state index in [0.29, 0.717) is 18.7 Å². The molecule has 0 atom stereocenters. The van der Waals surface area contributed by atoms with Crippen LogP contribution in [0.25, 0.3) is 5.69 Å². The number of phenolic OH excluding ortho intramolecular Hbond substituents is 1. The highest BCUT2D eigenvalue weighted by Crippen LogP contribution is 2.23. The number of methoxy groups -OCH3 is 1. The van der Waals surface area contributed by atoms with Crippen LogP contribution < -0.4 is 15.4 Å². The first-order chi connectivity index (χ1) is 14.7. The van der Waals surface area contributed by atoms with E-state index in [1.165, 1.54) is 5.56 Å². The molecule has 0 saturated carbocycles. The van der Waals surface area contributed by atoms with Crippen molar-refractivity contribution in [3.05, 3.63) is 72.1 Å². The predicted octanol–water partition coefficient (Wildman–Crippen LogP) is 2.93. The molecule has 2 aromatic carbocycles. The molecular weight excluding hydrogens is 378 g/mol. The highest BCUT2D eigenvalue weighted by Gasteiger charge is 2.04. The zero-order chi connectivity index (χ0) is 21.2. The number of aromatic hydroxyl groups is 1. The van der Waals surface area contributed by atoms with Crippen LogP contribution in [0.1, 0.15) is 18.1 Å². The van der Waals surface area contributed by atoms with Crippen molar-refractivity contribution in [3.63, 3.8) is 0 Å². The van der Waals surface area contributed by atoms with Gasteiger partial charge < -0.3 is 20.5 Å². The molecule has 7 nitrogen and oxygen atoms in total. The summed E-state index contributed by atoms with van der Waals surface area (Å²) in [7, 11) is 1.58. The Balaban J connectivity index is 1.49. The lowest BCUT2D eigenvalue weighted by atomic mass is 10.1. The number of nitrogens with one attached hydrogen (secondary N) is 2. The third kappa shape index (κ3) is 6.01. The second-order valence-electron chi connectivity index (χ2n) is 6.80. The molecule has 0 radical (unpaired) electrons. The lowest BCUT2D eigenvalue weighted by Crippen LogP contribution is -2.38. The number of nitrogens with zero attached hydrogens (tertiary/aromatic N) is 3. The molecule has 0 aliphatic heterocycles. The van der Waals surface area contributed by atoms with Crippen LogP contribution in [-0.4, -0.2) is 47.6 Å². The molecule has 0 fully saturated rings. The van der Waals surface area contributed by atoms with E-state index in [1.54, 1.807) is 19.4 Å². The number of benzene rings is 2. The predicted molar refractivity (Wildman–Crippen MR) is 120 cm³/mol. The minimum absolute atomic E-state index is 0.237. The largest absolute Gasteiger partial charge is 0.508 e. The minimum Gasteiger partial charge on any atom is -0.508 e. The fourth-order valence-corrected chi connectivity index (χ4v) is 3.07. The quantitative estimate of drug-likeness (QED) is 0.375. The Labute approximate surface area is 177 Å². The lowest BCUT2D eigenvalue weighted by molar-refractivity contribution is 0.406. The fraction of sp³-hybridized carbons (Fsp3) is 0.304. The summed E-state index contributed by atoms with van der Waals surface area (Å²) in [5, 5.41) is 20.9. The van der Waals surface area contributed by atoms with E-state index in [0.717, 1.165) is 36.7 Å². The molecule has 3 aromatic rings. The summed E-state index contributed by atoms with van der Waals surface area (Å²) in [5.74, 6) is 1.66. The summed E-state index contributed by atoms with van der Waals surface area (Å²) in [4.78, 5) is 4.61. The topological polar surface area (TPSA) is 83.7 Å². The van der Waals surface area contributed by atoms with Gasteiger partial charge in [0.05, 0.1) is 12.8 Å². The van der Waals surface area contributed by atoms with Crippen LogP contribution in [0.5, 0.6) is 11.5 Å². The number of hydrogen-bond donors (Lipinski definition) is 3. The standard InChI is InChI=1S/C23H29N5O2/c1-3-24-23(26-15-12-19-7-10-21(30-2)17-22(19)29)25-14-11-18-5-8-20(9-6-18)28-16-4-13-27-28/h4-10,13,16-17,29H,3,11-12,14-15H2,1-2H3,(H2,24,25,26). The molecule has 1 aromatic heterocycles. The number of hydrogen-bond acceptors (Lipinski definition) is 4. The Morgan fingerprint density at radius 3 is 2.63 bits per heavy atom. The third-order valence-electron chi connectivity index (χ3n) is 4.70. The van der Waals surface area contributed by atoms with Crippen LogP contribution in [0.2, 0.25) is 0 Å². The molecule has 30 heavy (non-hydrogen) atoms. The minimum atomic E-state index is 0.237. The summed E-state index contributed by atoms with van der Waals surface area (Å²) in [5.41, 5.74) is 3.15. The van der Waals surface area contributed by atoms with E-state index in [9.17, 15) is 5.11 Å². The van der Waals surface area contributed by atoms with E-state index in [1.807, 2.05) is 36.0 Å². The average Bonchev–Trinajstić information content (AvgIpc) is 3.30. The van der Waals surface area contributed by atoms with E-state index in [2.05, 4.69) is 45.0 Å². The molecular formula is C23H29N5O2. The molecule has 1 heterocycles. The Kier molecular flexibility index (Phi) is 7.71. The van der Waals surface area contributed by atoms with Crippen molar-refractivity contribution in [3.8, 4) is 17.2 Å². The number of guanidine groups is 1. The summed E-state index contributed by atoms with van der Waals surface area (Å²) in [6.07, 6.45) is 5.25. The zero-order valence-corrected chi connectivity index (χ0v) is 17.5. The summed E-state index contributed by atoms with van der Waals surface area (Å²) >= 11 is 0. The number of aliphatic imine (C=N–C) groups is 1. The highest BCUT2D eigenvalue weighted by molar-refractivity contribution is 5.79. The molecule has 7 heteroatoms. The van der Waals surface area contributed by atoms with Crippen molar-refractivity contribution in [2.45, 2.75) is 19.8 Å². The van der Waals surface area contributed by atoms with Crippen molar-refractivity contribution in [2.24, 2.45) is 4.99 Å². The van der Waals surface area contributed by atoms with Crippen LogP contribution >= 0.6 is 0 Å². The van der Waals surface area contributed by atoms with E-state index < -0.39 is 0 Å². The molecule has 0 unspecified atom stereocenters.